The monoisotopic (exact) mass is 730 g/mol. The molecule has 7 aromatic rings. The fraction of sp³-hybridized carbons (Fsp3) is 0.360. The molecule has 4 aromatic carbocycles. The lowest BCUT2D eigenvalue weighted by Gasteiger charge is -2.20. The molecule has 0 spiro atoms. The number of pyridine rings is 1. The molecule has 5 heteroatoms. The Balaban J connectivity index is 1.28. The molecule has 0 amide bonds. The standard InChI is InChI=1S/C50H58N4O/c1-9-17-43-48(36-20-12-11-13-21-36)45(18-10-2)54(52-43)38-22-16-23-39(33-38)55-40-25-26-41-42-31-35(19-14-15-29-49(3,4)5)24-27-44(42)53(46(41)34-40)47-32-37(28-30-51-47)50(6,7)8/h11-13,16,20-28,30-34H,9-10,14-15,17-19,29H2,1-8H3. The lowest BCUT2D eigenvalue weighted by molar-refractivity contribution is 0.360. The summed E-state index contributed by atoms with van der Waals surface area (Å²) in [6, 6.07) is 37.0. The third kappa shape index (κ3) is 8.42. The van der Waals surface area contributed by atoms with Crippen molar-refractivity contribution in [2.24, 2.45) is 5.41 Å². The zero-order valence-electron chi connectivity index (χ0n) is 34.2. The molecule has 0 radical (unpaired) electrons. The summed E-state index contributed by atoms with van der Waals surface area (Å²) in [7, 11) is 0. The van der Waals surface area contributed by atoms with Crippen LogP contribution in [0, 0.1) is 5.41 Å². The van der Waals surface area contributed by atoms with Crippen LogP contribution < -0.4 is 4.74 Å². The van der Waals surface area contributed by atoms with Crippen molar-refractivity contribution in [3.05, 3.63) is 132 Å². The van der Waals surface area contributed by atoms with Gasteiger partial charge in [0.15, 0.2) is 0 Å². The minimum Gasteiger partial charge on any atom is -0.457 e. The summed E-state index contributed by atoms with van der Waals surface area (Å²) in [4.78, 5) is 4.94. The van der Waals surface area contributed by atoms with Gasteiger partial charge in [-0.2, -0.15) is 5.10 Å². The largest absolute Gasteiger partial charge is 0.457 e. The van der Waals surface area contributed by atoms with Gasteiger partial charge in [-0.25, -0.2) is 9.67 Å². The molecule has 5 nitrogen and oxygen atoms in total. The number of aryl methyl sites for hydroxylation is 2. The molecular formula is C50H58N4O. The van der Waals surface area contributed by atoms with Crippen LogP contribution in [0.2, 0.25) is 0 Å². The van der Waals surface area contributed by atoms with E-state index in [0.717, 1.165) is 71.8 Å². The van der Waals surface area contributed by atoms with Gasteiger partial charge in [-0.1, -0.05) is 117 Å². The molecular weight excluding hydrogens is 673 g/mol. The fourth-order valence-electron chi connectivity index (χ4n) is 7.85. The van der Waals surface area contributed by atoms with Crippen LogP contribution in [0.1, 0.15) is 110 Å². The van der Waals surface area contributed by atoms with Crippen molar-refractivity contribution < 1.29 is 4.74 Å². The van der Waals surface area contributed by atoms with Gasteiger partial charge in [-0.15, -0.1) is 0 Å². The van der Waals surface area contributed by atoms with E-state index in [1.54, 1.807) is 0 Å². The number of rotatable bonds is 13. The Morgan fingerprint density at radius 1 is 0.655 bits per heavy atom. The van der Waals surface area contributed by atoms with E-state index in [-0.39, 0.29) is 5.41 Å². The van der Waals surface area contributed by atoms with Crippen LogP contribution in [0.4, 0.5) is 0 Å². The van der Waals surface area contributed by atoms with Gasteiger partial charge in [0.1, 0.15) is 17.3 Å². The Morgan fingerprint density at radius 3 is 2.18 bits per heavy atom. The zero-order chi connectivity index (χ0) is 38.7. The third-order valence-electron chi connectivity index (χ3n) is 10.7. The van der Waals surface area contributed by atoms with Crippen molar-refractivity contribution in [3.63, 3.8) is 0 Å². The number of unbranched alkanes of at least 4 members (excludes halogenated alkanes) is 1. The summed E-state index contributed by atoms with van der Waals surface area (Å²) in [5.74, 6) is 2.49. The minimum absolute atomic E-state index is 0.000690. The Bertz CT molecular complexity index is 2400. The molecule has 55 heavy (non-hydrogen) atoms. The molecule has 0 unspecified atom stereocenters. The van der Waals surface area contributed by atoms with Crippen LogP contribution >= 0.6 is 0 Å². The molecule has 3 heterocycles. The number of benzene rings is 4. The van der Waals surface area contributed by atoms with Crippen molar-refractivity contribution >= 4 is 21.8 Å². The summed E-state index contributed by atoms with van der Waals surface area (Å²) in [5, 5.41) is 7.69. The van der Waals surface area contributed by atoms with E-state index in [1.807, 2.05) is 12.3 Å². The number of nitrogens with zero attached hydrogens (tertiary/aromatic N) is 4. The summed E-state index contributed by atoms with van der Waals surface area (Å²) >= 11 is 0. The normalized spacial score (nSPS) is 12.2. The maximum atomic E-state index is 6.72. The highest BCUT2D eigenvalue weighted by atomic mass is 16.5. The second-order valence-corrected chi connectivity index (χ2v) is 17.4. The second-order valence-electron chi connectivity index (χ2n) is 17.4. The van der Waals surface area contributed by atoms with Gasteiger partial charge in [0.25, 0.3) is 0 Å². The molecule has 3 aromatic heterocycles. The Morgan fingerprint density at radius 2 is 1.44 bits per heavy atom. The van der Waals surface area contributed by atoms with E-state index in [2.05, 4.69) is 162 Å². The van der Waals surface area contributed by atoms with Gasteiger partial charge in [0, 0.05) is 34.7 Å². The SMILES string of the molecule is CCCc1nn(-c2cccc(Oc3ccc4c5cc(CCCCC(C)(C)C)ccc5n(-c5cc(C(C)(C)C)ccn5)c4c3)c2)c(CCC)c1-c1ccccc1. The van der Waals surface area contributed by atoms with Crippen molar-refractivity contribution in [1.29, 1.82) is 0 Å². The van der Waals surface area contributed by atoms with Crippen molar-refractivity contribution in [3.8, 4) is 34.1 Å². The highest BCUT2D eigenvalue weighted by Crippen LogP contribution is 2.38. The van der Waals surface area contributed by atoms with Crippen molar-refractivity contribution in [1.82, 2.24) is 19.3 Å². The van der Waals surface area contributed by atoms with Crippen LogP contribution in [0.5, 0.6) is 11.5 Å². The van der Waals surface area contributed by atoms with Crippen LogP contribution in [0.25, 0.3) is 44.4 Å². The summed E-state index contributed by atoms with van der Waals surface area (Å²) in [6.07, 6.45) is 10.7. The molecule has 0 atom stereocenters. The van der Waals surface area contributed by atoms with Crippen LogP contribution in [-0.4, -0.2) is 19.3 Å². The maximum absolute atomic E-state index is 6.72. The summed E-state index contributed by atoms with van der Waals surface area (Å²) in [6.45, 7) is 18.2. The first-order valence-corrected chi connectivity index (χ1v) is 20.4. The molecule has 0 bridgehead atoms. The van der Waals surface area contributed by atoms with Crippen LogP contribution in [-0.2, 0) is 24.7 Å². The first kappa shape index (κ1) is 38.1. The van der Waals surface area contributed by atoms with E-state index in [0.29, 0.717) is 5.41 Å². The average Bonchev–Trinajstić information content (AvgIpc) is 3.68. The van der Waals surface area contributed by atoms with Gasteiger partial charge in [0.05, 0.1) is 28.1 Å². The highest BCUT2D eigenvalue weighted by Gasteiger charge is 2.21. The quantitative estimate of drug-likeness (QED) is 0.111. The zero-order valence-corrected chi connectivity index (χ0v) is 34.2. The van der Waals surface area contributed by atoms with E-state index in [9.17, 15) is 0 Å². The molecule has 0 fully saturated rings. The van der Waals surface area contributed by atoms with Crippen LogP contribution in [0.3, 0.4) is 0 Å². The molecule has 7 rings (SSSR count). The highest BCUT2D eigenvalue weighted by molar-refractivity contribution is 6.09. The van der Waals surface area contributed by atoms with Crippen molar-refractivity contribution in [2.75, 3.05) is 0 Å². The predicted octanol–water partition coefficient (Wildman–Crippen LogP) is 13.8. The smallest absolute Gasteiger partial charge is 0.137 e. The molecule has 0 aliphatic heterocycles. The van der Waals surface area contributed by atoms with Crippen LogP contribution in [0.15, 0.2) is 109 Å². The summed E-state index contributed by atoms with van der Waals surface area (Å²) < 4.78 is 11.2. The topological polar surface area (TPSA) is 44.9 Å². The first-order valence-electron chi connectivity index (χ1n) is 20.4. The maximum Gasteiger partial charge on any atom is 0.137 e. The third-order valence-corrected chi connectivity index (χ3v) is 10.7. The second kappa shape index (κ2) is 15.9. The van der Waals surface area contributed by atoms with Gasteiger partial charge >= 0.3 is 0 Å². The number of fused-ring (bicyclic) bond motifs is 3. The number of aromatic nitrogens is 4. The molecule has 0 saturated heterocycles. The Hall–Kier alpha value is -5.16. The molecule has 284 valence electrons. The minimum atomic E-state index is 0.000690. The fourth-order valence-corrected chi connectivity index (χ4v) is 7.85. The average molecular weight is 731 g/mol. The molecule has 0 saturated carbocycles. The first-order chi connectivity index (χ1) is 26.4. The lowest BCUT2D eigenvalue weighted by Crippen LogP contribution is -2.12. The van der Waals surface area contributed by atoms with Gasteiger partial charge in [-0.3, -0.25) is 4.57 Å². The van der Waals surface area contributed by atoms with Gasteiger partial charge in [-0.05, 0) is 108 Å². The van der Waals surface area contributed by atoms with E-state index in [1.165, 1.54) is 58.0 Å². The number of ether oxygens (including phenoxy) is 1. The van der Waals surface area contributed by atoms with E-state index < -0.39 is 0 Å². The predicted molar refractivity (Wildman–Crippen MR) is 231 cm³/mol. The van der Waals surface area contributed by atoms with Gasteiger partial charge < -0.3 is 4.74 Å². The molecule has 0 aliphatic rings. The summed E-state index contributed by atoms with van der Waals surface area (Å²) in [5.41, 5.74) is 11.2. The molecule has 0 N–H and O–H groups in total. The lowest BCUT2D eigenvalue weighted by atomic mass is 9.88. The van der Waals surface area contributed by atoms with E-state index in [4.69, 9.17) is 14.8 Å². The number of hydrogen-bond donors (Lipinski definition) is 0. The Labute approximate surface area is 328 Å². The van der Waals surface area contributed by atoms with E-state index >= 15 is 0 Å². The van der Waals surface area contributed by atoms with Gasteiger partial charge in [0.2, 0.25) is 0 Å². The Kier molecular flexibility index (Phi) is 11.0. The molecule has 0 aliphatic carbocycles. The number of hydrogen-bond acceptors (Lipinski definition) is 3. The van der Waals surface area contributed by atoms with Crippen molar-refractivity contribution in [2.45, 2.75) is 112 Å².